The predicted molar refractivity (Wildman–Crippen MR) is 130 cm³/mol. The van der Waals surface area contributed by atoms with Crippen molar-refractivity contribution in [2.24, 2.45) is 15.6 Å². The molecule has 0 saturated carbocycles. The van der Waals surface area contributed by atoms with Crippen LogP contribution < -0.4 is 10.2 Å². The van der Waals surface area contributed by atoms with E-state index < -0.39 is 5.41 Å². The molecule has 170 valence electrons. The molecule has 0 amide bonds. The molecule has 2 aliphatic heterocycles. The van der Waals surface area contributed by atoms with Crippen LogP contribution in [0, 0.1) is 12.3 Å². The summed E-state index contributed by atoms with van der Waals surface area (Å²) in [6.45, 7) is 8.50. The van der Waals surface area contributed by atoms with Crippen LogP contribution in [0.4, 0.5) is 11.4 Å². The van der Waals surface area contributed by atoms with E-state index in [0.717, 1.165) is 52.3 Å². The highest BCUT2D eigenvalue weighted by atomic mass is 16.1. The lowest BCUT2D eigenvalue weighted by Gasteiger charge is -2.48. The van der Waals surface area contributed by atoms with E-state index in [1.165, 1.54) is 0 Å². The molecular formula is C27H31N5O. The molecule has 1 aromatic carbocycles. The molecule has 0 bridgehead atoms. The van der Waals surface area contributed by atoms with Crippen molar-refractivity contribution in [2.75, 3.05) is 11.9 Å². The predicted octanol–water partition coefficient (Wildman–Crippen LogP) is 5.73. The number of nitrogens with one attached hydrogen (secondary N) is 1. The minimum Gasteiger partial charge on any atom is -0.362 e. The Kier molecular flexibility index (Phi) is 5.00. The Morgan fingerprint density at radius 3 is 2.70 bits per heavy atom. The molecule has 6 nitrogen and oxygen atoms in total. The molecular weight excluding hydrogens is 410 g/mol. The highest BCUT2D eigenvalue weighted by Gasteiger charge is 2.53. The quantitative estimate of drug-likeness (QED) is 0.658. The zero-order chi connectivity index (χ0) is 23.4. The fourth-order valence-corrected chi connectivity index (χ4v) is 5.76. The molecule has 33 heavy (non-hydrogen) atoms. The molecule has 0 fully saturated rings. The summed E-state index contributed by atoms with van der Waals surface area (Å²) < 4.78 is 0. The van der Waals surface area contributed by atoms with Crippen molar-refractivity contribution in [1.82, 2.24) is 10.3 Å². The van der Waals surface area contributed by atoms with E-state index in [0.29, 0.717) is 6.42 Å². The Bertz CT molecular complexity index is 1220. The highest BCUT2D eigenvalue weighted by molar-refractivity contribution is 6.01. The molecule has 3 aliphatic rings. The molecule has 0 radical (unpaired) electrons. The minimum absolute atomic E-state index is 0.0688. The maximum Gasteiger partial charge on any atom is 0.164 e. The third-order valence-corrected chi connectivity index (χ3v) is 7.30. The second kappa shape index (κ2) is 7.65. The zero-order valence-electron chi connectivity index (χ0n) is 20.0. The number of allylic oxidation sites excluding steroid dienone is 2. The number of rotatable bonds is 4. The van der Waals surface area contributed by atoms with Crippen LogP contribution in [-0.2, 0) is 10.2 Å². The van der Waals surface area contributed by atoms with Crippen LogP contribution in [0.2, 0.25) is 0 Å². The van der Waals surface area contributed by atoms with Crippen LogP contribution in [0.25, 0.3) is 0 Å². The summed E-state index contributed by atoms with van der Waals surface area (Å²) >= 11 is 0. The van der Waals surface area contributed by atoms with Gasteiger partial charge in [0.05, 0.1) is 11.6 Å². The van der Waals surface area contributed by atoms with Crippen LogP contribution in [0.3, 0.4) is 0 Å². The highest BCUT2D eigenvalue weighted by Crippen LogP contribution is 2.54. The van der Waals surface area contributed by atoms with Crippen molar-refractivity contribution >= 4 is 17.2 Å². The summed E-state index contributed by atoms with van der Waals surface area (Å²) in [6.07, 6.45) is 5.65. The molecule has 0 spiro atoms. The molecule has 2 aromatic rings. The Morgan fingerprint density at radius 1 is 1.15 bits per heavy atom. The maximum atomic E-state index is 13.7. The van der Waals surface area contributed by atoms with E-state index in [4.69, 9.17) is 0 Å². The first-order valence-electron chi connectivity index (χ1n) is 11.7. The molecule has 2 unspecified atom stereocenters. The largest absolute Gasteiger partial charge is 0.362 e. The number of azo groups is 1. The van der Waals surface area contributed by atoms with Gasteiger partial charge in [0.25, 0.3) is 0 Å². The number of aromatic nitrogens is 1. The summed E-state index contributed by atoms with van der Waals surface area (Å²) in [6, 6.07) is 12.7. The number of hydrogen-bond acceptors (Lipinski definition) is 6. The van der Waals surface area contributed by atoms with E-state index in [2.05, 4.69) is 83.6 Å². The number of aryl methyl sites for hydroxylation is 1. The van der Waals surface area contributed by atoms with Gasteiger partial charge in [0.2, 0.25) is 0 Å². The fourth-order valence-electron chi connectivity index (χ4n) is 5.76. The van der Waals surface area contributed by atoms with Gasteiger partial charge >= 0.3 is 0 Å². The van der Waals surface area contributed by atoms with Gasteiger partial charge < -0.3 is 10.2 Å². The van der Waals surface area contributed by atoms with Crippen molar-refractivity contribution in [3.05, 3.63) is 76.9 Å². The van der Waals surface area contributed by atoms with Gasteiger partial charge in [-0.25, -0.2) is 0 Å². The number of pyridine rings is 1. The third-order valence-electron chi connectivity index (χ3n) is 7.30. The Morgan fingerprint density at radius 2 is 1.94 bits per heavy atom. The van der Waals surface area contributed by atoms with E-state index in [9.17, 15) is 4.79 Å². The van der Waals surface area contributed by atoms with Crippen molar-refractivity contribution < 1.29 is 4.79 Å². The Labute approximate surface area is 195 Å². The molecule has 3 heterocycles. The van der Waals surface area contributed by atoms with Gasteiger partial charge in [-0.3, -0.25) is 9.78 Å². The third kappa shape index (κ3) is 3.39. The number of nitrogens with zero attached hydrogens (tertiary/aromatic N) is 4. The average Bonchev–Trinajstić information content (AvgIpc) is 3.25. The number of anilines is 2. The van der Waals surface area contributed by atoms with Gasteiger partial charge in [0, 0.05) is 53.6 Å². The second-order valence-corrected chi connectivity index (χ2v) is 10.2. The summed E-state index contributed by atoms with van der Waals surface area (Å²) in [5.41, 5.74) is 6.64. The van der Waals surface area contributed by atoms with Gasteiger partial charge in [-0.1, -0.05) is 32.9 Å². The lowest BCUT2D eigenvalue weighted by Crippen LogP contribution is -2.51. The number of hydrogen-bond donors (Lipinski definition) is 1. The first-order valence-corrected chi connectivity index (χ1v) is 11.7. The molecule has 6 heteroatoms. The SMILES string of the molecule is CCC1(c2cccc(N(C)c3ccnc(C)c3)c2)C2=CN=NC2NC2=C1C(=O)CC(C)(C)C2. The monoisotopic (exact) mass is 441 g/mol. The topological polar surface area (TPSA) is 70.0 Å². The van der Waals surface area contributed by atoms with Crippen molar-refractivity contribution in [3.8, 4) is 0 Å². The molecule has 1 N–H and O–H groups in total. The van der Waals surface area contributed by atoms with E-state index >= 15 is 0 Å². The number of benzene rings is 1. The summed E-state index contributed by atoms with van der Waals surface area (Å²) in [7, 11) is 2.07. The van der Waals surface area contributed by atoms with E-state index in [-0.39, 0.29) is 17.4 Å². The summed E-state index contributed by atoms with van der Waals surface area (Å²) in [5.74, 6) is 0.227. The molecule has 1 aliphatic carbocycles. The van der Waals surface area contributed by atoms with Gasteiger partial charge in [-0.2, -0.15) is 10.2 Å². The normalized spacial score (nSPS) is 25.3. The summed E-state index contributed by atoms with van der Waals surface area (Å²) in [5, 5.41) is 12.3. The van der Waals surface area contributed by atoms with Crippen LogP contribution in [0.1, 0.15) is 51.3 Å². The molecule has 0 saturated heterocycles. The Hall–Kier alpha value is -3.28. The lowest BCUT2D eigenvalue weighted by molar-refractivity contribution is -0.119. The maximum absolute atomic E-state index is 13.7. The van der Waals surface area contributed by atoms with Crippen molar-refractivity contribution in [3.63, 3.8) is 0 Å². The van der Waals surface area contributed by atoms with Gasteiger partial charge in [-0.15, -0.1) is 0 Å². The minimum atomic E-state index is -0.534. The average molecular weight is 442 g/mol. The lowest BCUT2D eigenvalue weighted by atomic mass is 9.59. The van der Waals surface area contributed by atoms with Crippen molar-refractivity contribution in [1.29, 1.82) is 0 Å². The molecule has 1 aromatic heterocycles. The van der Waals surface area contributed by atoms with Crippen LogP contribution in [-0.4, -0.2) is 24.0 Å². The zero-order valence-corrected chi connectivity index (χ0v) is 20.0. The first-order chi connectivity index (χ1) is 15.7. The number of carbonyl (C=O) groups is 1. The number of ketones is 1. The van der Waals surface area contributed by atoms with Gasteiger partial charge in [0.15, 0.2) is 11.9 Å². The van der Waals surface area contributed by atoms with E-state index in [1.807, 2.05) is 25.4 Å². The first kappa shape index (κ1) is 21.6. The van der Waals surface area contributed by atoms with Crippen LogP contribution >= 0.6 is 0 Å². The summed E-state index contributed by atoms with van der Waals surface area (Å²) in [4.78, 5) is 20.1. The number of Topliss-reactive ketones (excluding diaryl/α,β-unsaturated/α-hetero) is 1. The van der Waals surface area contributed by atoms with Crippen LogP contribution in [0.15, 0.2) is 75.9 Å². The smallest absolute Gasteiger partial charge is 0.164 e. The fraction of sp³-hybridized carbons (Fsp3) is 0.407. The van der Waals surface area contributed by atoms with Crippen molar-refractivity contribution in [2.45, 2.75) is 58.5 Å². The van der Waals surface area contributed by atoms with Crippen LogP contribution in [0.5, 0.6) is 0 Å². The standard InChI is InChI=1S/C27H31N5O/c1-6-27(18-8-7-9-19(13-18)32(5)20-10-11-28-17(2)12-20)21-16-29-31-25(21)30-22-14-26(3,4)15-23(33)24(22)27/h7-13,16,25,30H,6,14-15H2,1-5H3. The molecule has 5 rings (SSSR count). The second-order valence-electron chi connectivity index (χ2n) is 10.2. The number of fused-ring (bicyclic) bond motifs is 1. The Balaban J connectivity index is 1.67. The van der Waals surface area contributed by atoms with E-state index in [1.54, 1.807) is 0 Å². The van der Waals surface area contributed by atoms with Gasteiger partial charge in [0.1, 0.15) is 0 Å². The molecule has 2 atom stereocenters. The van der Waals surface area contributed by atoms with Gasteiger partial charge in [-0.05, 0) is 55.0 Å². The number of carbonyl (C=O) groups excluding carboxylic acids is 1.